The van der Waals surface area contributed by atoms with E-state index < -0.39 is 84.7 Å². The van der Waals surface area contributed by atoms with Gasteiger partial charge in [0.15, 0.2) is 0 Å². The fourth-order valence-electron chi connectivity index (χ4n) is 7.12. The first-order chi connectivity index (χ1) is 32.6. The Kier molecular flexibility index (Phi) is 30.9. The molecule has 0 saturated carbocycles. The average Bonchev–Trinajstić information content (AvgIpc) is 3.25. The Morgan fingerprint density at radius 1 is 0.348 bits per heavy atom. The summed E-state index contributed by atoms with van der Waals surface area (Å²) in [5.41, 5.74) is 0. The van der Waals surface area contributed by atoms with Crippen LogP contribution in [0.15, 0.2) is 0 Å². The van der Waals surface area contributed by atoms with Crippen LogP contribution in [0, 0.1) is 0 Å². The van der Waals surface area contributed by atoms with Gasteiger partial charge in [0.2, 0.25) is 17.7 Å². The number of aliphatic carboxylic acids is 7. The number of unbranched alkanes of at least 4 members (excludes halogenated alkanes) is 5. The maximum atomic E-state index is 12.9. The number of nitrogens with one attached hydrogen (secondary N) is 5. The second-order valence-corrected chi connectivity index (χ2v) is 16.7. The number of carbonyl (C=O) groups excluding carboxylic acids is 4. The van der Waals surface area contributed by atoms with Crippen LogP contribution in [-0.2, 0) is 47.9 Å². The van der Waals surface area contributed by atoms with Gasteiger partial charge in [0.25, 0.3) is 0 Å². The molecule has 1 aliphatic heterocycles. The van der Waals surface area contributed by atoms with Crippen LogP contribution < -0.4 is 26.6 Å². The summed E-state index contributed by atoms with van der Waals surface area (Å²) in [4.78, 5) is 136. The summed E-state index contributed by atoms with van der Waals surface area (Å²) in [7, 11) is 0. The van der Waals surface area contributed by atoms with Crippen molar-refractivity contribution in [1.82, 2.24) is 46.2 Å². The molecule has 12 N–H and O–H groups in total. The molecule has 0 aromatic rings. The molecule has 3 atom stereocenters. The van der Waals surface area contributed by atoms with Gasteiger partial charge in [-0.15, -0.1) is 0 Å². The molecule has 69 heavy (non-hydrogen) atoms. The molecule has 1 rings (SSSR count). The standard InChI is InChI=1S/C42H71N9O18/c52-32(43-15-7-6-10-30(40(65)66)46-42(69)47-31(41(67)68)13-14-35(55)56)11-3-1-2-4-12-33(53)45-29(39(63)64)9-5-8-16-44-34(54)25-48-17-19-49(26-36(57)58)21-23-51(28-38(61)62)24-22-50(20-18-48)27-37(59)60/h29-31H,1-28H2,(H,43,52)(H,44,54)(H,45,53)(H,55,56)(H,57,58)(H,59,60)(H,61,62)(H,63,64)(H,65,66)(H,67,68)(H2,46,47,69)/t29-,30-,31-/m0/s1. The zero-order chi connectivity index (χ0) is 51.7. The minimum absolute atomic E-state index is 0.0174. The summed E-state index contributed by atoms with van der Waals surface area (Å²) >= 11 is 0. The summed E-state index contributed by atoms with van der Waals surface area (Å²) in [5, 5.41) is 77.4. The van der Waals surface area contributed by atoms with Crippen molar-refractivity contribution >= 4 is 65.5 Å². The summed E-state index contributed by atoms with van der Waals surface area (Å²) in [5.74, 6) is -9.52. The number of nitrogens with zero attached hydrogens (tertiary/aromatic N) is 4. The van der Waals surface area contributed by atoms with E-state index in [1.807, 2.05) is 5.32 Å². The van der Waals surface area contributed by atoms with Gasteiger partial charge in [0, 0.05) is 84.7 Å². The van der Waals surface area contributed by atoms with E-state index in [-0.39, 0.29) is 129 Å². The van der Waals surface area contributed by atoms with E-state index in [9.17, 15) is 78.3 Å². The Morgan fingerprint density at radius 3 is 1.07 bits per heavy atom. The third-order valence-corrected chi connectivity index (χ3v) is 10.9. The number of carboxylic acid groups (broad SMARTS) is 7. The van der Waals surface area contributed by atoms with E-state index in [0.717, 1.165) is 0 Å². The van der Waals surface area contributed by atoms with Crippen molar-refractivity contribution < 1.29 is 88.5 Å². The first-order valence-corrected chi connectivity index (χ1v) is 23.0. The smallest absolute Gasteiger partial charge is 0.326 e. The minimum Gasteiger partial charge on any atom is -0.481 e. The summed E-state index contributed by atoms with van der Waals surface area (Å²) in [6.07, 6.45) is 3.13. The molecule has 1 fully saturated rings. The van der Waals surface area contributed by atoms with Crippen molar-refractivity contribution in [3.63, 3.8) is 0 Å². The number of carboxylic acids is 7. The van der Waals surface area contributed by atoms with E-state index in [2.05, 4.69) is 21.3 Å². The molecule has 0 aromatic carbocycles. The largest absolute Gasteiger partial charge is 0.481 e. The molecule has 0 aliphatic carbocycles. The monoisotopic (exact) mass is 989 g/mol. The summed E-state index contributed by atoms with van der Waals surface area (Å²) < 4.78 is 0. The average molecular weight is 990 g/mol. The van der Waals surface area contributed by atoms with Gasteiger partial charge in [-0.2, -0.15) is 0 Å². The maximum Gasteiger partial charge on any atom is 0.326 e. The number of urea groups is 1. The topological polar surface area (TPSA) is 402 Å². The van der Waals surface area contributed by atoms with E-state index in [4.69, 9.17) is 10.2 Å². The van der Waals surface area contributed by atoms with Crippen molar-refractivity contribution in [2.45, 2.75) is 108 Å². The van der Waals surface area contributed by atoms with Crippen molar-refractivity contribution in [3.05, 3.63) is 0 Å². The van der Waals surface area contributed by atoms with Gasteiger partial charge in [-0.05, 0) is 57.8 Å². The van der Waals surface area contributed by atoms with Gasteiger partial charge in [0.1, 0.15) is 18.1 Å². The molecule has 27 nitrogen and oxygen atoms in total. The fraction of sp³-hybridized carbons (Fsp3) is 0.738. The van der Waals surface area contributed by atoms with Crippen molar-refractivity contribution in [1.29, 1.82) is 0 Å². The summed E-state index contributed by atoms with van der Waals surface area (Å²) in [6, 6.07) is -5.09. The van der Waals surface area contributed by atoms with Crippen LogP contribution in [0.3, 0.4) is 0 Å². The maximum absolute atomic E-state index is 12.9. The van der Waals surface area contributed by atoms with Crippen LogP contribution in [0.4, 0.5) is 4.79 Å². The fourth-order valence-corrected chi connectivity index (χ4v) is 7.12. The van der Waals surface area contributed by atoms with Crippen LogP contribution in [0.5, 0.6) is 0 Å². The molecule has 0 spiro atoms. The molecule has 1 heterocycles. The summed E-state index contributed by atoms with van der Waals surface area (Å²) in [6.45, 7) is 1.51. The number of hydrogen-bond acceptors (Lipinski definition) is 15. The zero-order valence-corrected chi connectivity index (χ0v) is 38.9. The van der Waals surface area contributed by atoms with Gasteiger partial charge < -0.3 is 62.3 Å². The third-order valence-electron chi connectivity index (χ3n) is 10.9. The van der Waals surface area contributed by atoms with Gasteiger partial charge >= 0.3 is 47.8 Å². The van der Waals surface area contributed by atoms with E-state index in [0.29, 0.717) is 51.4 Å². The lowest BCUT2D eigenvalue weighted by Crippen LogP contribution is -2.51. The molecular formula is C42H71N9O18. The molecule has 1 aliphatic rings. The Morgan fingerprint density at radius 2 is 0.696 bits per heavy atom. The predicted molar refractivity (Wildman–Crippen MR) is 241 cm³/mol. The number of carbonyl (C=O) groups is 11. The van der Waals surface area contributed by atoms with Crippen LogP contribution in [0.1, 0.15) is 89.9 Å². The van der Waals surface area contributed by atoms with Crippen molar-refractivity contribution in [2.75, 3.05) is 91.6 Å². The van der Waals surface area contributed by atoms with Crippen LogP contribution in [-0.4, -0.2) is 231 Å². The highest BCUT2D eigenvalue weighted by Gasteiger charge is 2.26. The molecule has 0 unspecified atom stereocenters. The molecule has 1 saturated heterocycles. The molecule has 0 radical (unpaired) electrons. The lowest BCUT2D eigenvalue weighted by Gasteiger charge is -2.32. The number of hydrogen-bond donors (Lipinski definition) is 12. The quantitative estimate of drug-likeness (QED) is 0.0311. The van der Waals surface area contributed by atoms with Crippen molar-refractivity contribution in [3.8, 4) is 0 Å². The lowest BCUT2D eigenvalue weighted by molar-refractivity contribution is -0.142. The lowest BCUT2D eigenvalue weighted by atomic mass is 10.1. The first-order valence-electron chi connectivity index (χ1n) is 23.0. The number of amides is 5. The molecule has 392 valence electrons. The Balaban J connectivity index is 2.39. The SMILES string of the molecule is O=C(O)CC[C@H](NC(=O)N[C@@H](CCCCNC(=O)CCCCCCC(=O)N[C@@H](CCCCNC(=O)CN1CCN(CC(=O)O)CCN(CC(=O)O)CCN(CC(=O)O)CC1)C(=O)O)C(=O)O)C(=O)O. The zero-order valence-electron chi connectivity index (χ0n) is 38.9. The molecule has 0 aromatic heterocycles. The second kappa shape index (κ2) is 35.0. The Labute approximate surface area is 399 Å². The second-order valence-electron chi connectivity index (χ2n) is 16.7. The van der Waals surface area contributed by atoms with Gasteiger partial charge in [-0.25, -0.2) is 19.2 Å². The Hall–Kier alpha value is -6.19. The van der Waals surface area contributed by atoms with E-state index in [1.165, 1.54) is 0 Å². The Bertz CT molecular complexity index is 1670. The molecule has 27 heteroatoms. The first kappa shape index (κ1) is 60.8. The highest BCUT2D eigenvalue weighted by molar-refractivity contribution is 5.86. The highest BCUT2D eigenvalue weighted by Crippen LogP contribution is 2.09. The van der Waals surface area contributed by atoms with E-state index in [1.54, 1.807) is 19.6 Å². The molecule has 0 bridgehead atoms. The normalized spacial score (nSPS) is 15.7. The van der Waals surface area contributed by atoms with E-state index >= 15 is 0 Å². The van der Waals surface area contributed by atoms with Gasteiger partial charge in [-0.1, -0.05) is 12.8 Å². The predicted octanol–water partition coefficient (Wildman–Crippen LogP) is -1.98. The molecular weight excluding hydrogens is 919 g/mol. The van der Waals surface area contributed by atoms with Gasteiger partial charge in [0.05, 0.1) is 26.2 Å². The highest BCUT2D eigenvalue weighted by atomic mass is 16.4. The van der Waals surface area contributed by atoms with Crippen molar-refractivity contribution in [2.24, 2.45) is 0 Å². The van der Waals surface area contributed by atoms with Crippen LogP contribution >= 0.6 is 0 Å². The minimum atomic E-state index is -1.52. The van der Waals surface area contributed by atoms with Gasteiger partial charge in [-0.3, -0.25) is 53.2 Å². The number of rotatable bonds is 34. The van der Waals surface area contributed by atoms with Crippen LogP contribution in [0.25, 0.3) is 0 Å². The third kappa shape index (κ3) is 31.5. The molecule has 5 amide bonds. The van der Waals surface area contributed by atoms with Crippen LogP contribution in [0.2, 0.25) is 0 Å².